The standard InChI is InChI=1S/C17H15NO2/c1-12(11-13-7-3-2-4-8-13)18-16(19)14-9-5-6-10-15(14)17(18)20/h2-10,12H,11H2,1H3/t12-/m1/s1. The summed E-state index contributed by atoms with van der Waals surface area (Å²) < 4.78 is 0. The predicted octanol–water partition coefficient (Wildman–Crippen LogP) is 2.91. The van der Waals surface area contributed by atoms with Gasteiger partial charge in [-0.2, -0.15) is 0 Å². The Morgan fingerprint density at radius 3 is 1.90 bits per heavy atom. The molecule has 3 rings (SSSR count). The molecule has 0 saturated heterocycles. The molecule has 2 amide bonds. The number of carbonyl (C=O) groups excluding carboxylic acids is 2. The third-order valence-corrected chi connectivity index (χ3v) is 3.64. The number of nitrogens with zero attached hydrogens (tertiary/aromatic N) is 1. The lowest BCUT2D eigenvalue weighted by Gasteiger charge is -2.22. The maximum Gasteiger partial charge on any atom is 0.261 e. The molecule has 1 aliphatic rings. The smallest absolute Gasteiger partial charge is 0.261 e. The first-order chi connectivity index (χ1) is 9.68. The van der Waals surface area contributed by atoms with E-state index in [2.05, 4.69) is 0 Å². The molecule has 20 heavy (non-hydrogen) atoms. The van der Waals surface area contributed by atoms with E-state index in [9.17, 15) is 9.59 Å². The molecule has 0 N–H and O–H groups in total. The van der Waals surface area contributed by atoms with Crippen molar-refractivity contribution in [2.24, 2.45) is 0 Å². The van der Waals surface area contributed by atoms with Gasteiger partial charge in [-0.25, -0.2) is 0 Å². The van der Waals surface area contributed by atoms with Crippen LogP contribution in [0.3, 0.4) is 0 Å². The second-order valence-corrected chi connectivity index (χ2v) is 5.06. The minimum absolute atomic E-state index is 0.148. The van der Waals surface area contributed by atoms with Crippen LogP contribution in [0.4, 0.5) is 0 Å². The second-order valence-electron chi connectivity index (χ2n) is 5.06. The molecule has 0 radical (unpaired) electrons. The van der Waals surface area contributed by atoms with Crippen LogP contribution in [0.25, 0.3) is 0 Å². The average molecular weight is 265 g/mol. The van der Waals surface area contributed by atoms with Crippen molar-refractivity contribution in [3.05, 3.63) is 71.3 Å². The zero-order chi connectivity index (χ0) is 14.1. The van der Waals surface area contributed by atoms with Gasteiger partial charge in [-0.05, 0) is 31.0 Å². The van der Waals surface area contributed by atoms with E-state index in [1.807, 2.05) is 37.3 Å². The Balaban J connectivity index is 1.85. The molecular weight excluding hydrogens is 250 g/mol. The molecule has 0 bridgehead atoms. The van der Waals surface area contributed by atoms with E-state index in [0.717, 1.165) is 5.56 Å². The summed E-state index contributed by atoms with van der Waals surface area (Å²) in [5.74, 6) is -0.372. The first-order valence-electron chi connectivity index (χ1n) is 6.69. The van der Waals surface area contributed by atoms with Crippen LogP contribution in [0.15, 0.2) is 54.6 Å². The quantitative estimate of drug-likeness (QED) is 0.800. The maximum atomic E-state index is 12.3. The molecule has 0 aromatic heterocycles. The van der Waals surface area contributed by atoms with Gasteiger partial charge in [0.25, 0.3) is 11.8 Å². The van der Waals surface area contributed by atoms with E-state index in [1.54, 1.807) is 24.3 Å². The molecule has 0 saturated carbocycles. The molecule has 1 heterocycles. The fraction of sp³-hybridized carbons (Fsp3) is 0.176. The predicted molar refractivity (Wildman–Crippen MR) is 76.6 cm³/mol. The van der Waals surface area contributed by atoms with Crippen LogP contribution in [-0.2, 0) is 6.42 Å². The lowest BCUT2D eigenvalue weighted by molar-refractivity contribution is 0.0597. The van der Waals surface area contributed by atoms with E-state index in [0.29, 0.717) is 17.5 Å². The number of fused-ring (bicyclic) bond motifs is 1. The van der Waals surface area contributed by atoms with Crippen molar-refractivity contribution < 1.29 is 9.59 Å². The third-order valence-electron chi connectivity index (χ3n) is 3.64. The molecule has 0 spiro atoms. The van der Waals surface area contributed by atoms with Gasteiger partial charge in [-0.1, -0.05) is 42.5 Å². The summed E-state index contributed by atoms with van der Waals surface area (Å²) in [6.07, 6.45) is 0.673. The number of hydrogen-bond donors (Lipinski definition) is 0. The van der Waals surface area contributed by atoms with Crippen LogP contribution in [0.5, 0.6) is 0 Å². The number of carbonyl (C=O) groups is 2. The largest absolute Gasteiger partial charge is 0.271 e. The summed E-state index contributed by atoms with van der Waals surface area (Å²) in [7, 11) is 0. The normalized spacial score (nSPS) is 15.3. The molecular formula is C17H15NO2. The highest BCUT2D eigenvalue weighted by Gasteiger charge is 2.37. The monoisotopic (exact) mass is 265 g/mol. The van der Waals surface area contributed by atoms with Gasteiger partial charge in [0.05, 0.1) is 11.1 Å². The number of benzene rings is 2. The zero-order valence-corrected chi connectivity index (χ0v) is 11.2. The van der Waals surface area contributed by atoms with Gasteiger partial charge in [0.2, 0.25) is 0 Å². The minimum atomic E-state index is -0.186. The van der Waals surface area contributed by atoms with Crippen molar-refractivity contribution in [2.75, 3.05) is 0 Å². The average Bonchev–Trinajstić information content (AvgIpc) is 2.72. The first kappa shape index (κ1) is 12.6. The van der Waals surface area contributed by atoms with Crippen LogP contribution < -0.4 is 0 Å². The lowest BCUT2D eigenvalue weighted by atomic mass is 10.1. The fourth-order valence-electron chi connectivity index (χ4n) is 2.65. The zero-order valence-electron chi connectivity index (χ0n) is 11.2. The Morgan fingerprint density at radius 1 is 0.850 bits per heavy atom. The Bertz CT molecular complexity index is 629. The van der Waals surface area contributed by atoms with Crippen molar-refractivity contribution in [2.45, 2.75) is 19.4 Å². The van der Waals surface area contributed by atoms with E-state index in [4.69, 9.17) is 0 Å². The van der Waals surface area contributed by atoms with Crippen molar-refractivity contribution in [3.63, 3.8) is 0 Å². The van der Waals surface area contributed by atoms with Crippen LogP contribution in [0.2, 0.25) is 0 Å². The summed E-state index contributed by atoms with van der Waals surface area (Å²) >= 11 is 0. The molecule has 3 heteroatoms. The lowest BCUT2D eigenvalue weighted by Crippen LogP contribution is -2.39. The highest BCUT2D eigenvalue weighted by Crippen LogP contribution is 2.25. The van der Waals surface area contributed by atoms with Gasteiger partial charge in [-0.15, -0.1) is 0 Å². The Labute approximate surface area is 117 Å². The molecule has 0 fully saturated rings. The van der Waals surface area contributed by atoms with Crippen molar-refractivity contribution in [3.8, 4) is 0 Å². The van der Waals surface area contributed by atoms with Crippen LogP contribution in [-0.4, -0.2) is 22.8 Å². The SMILES string of the molecule is C[C@H](Cc1ccccc1)N1C(=O)c2ccccc2C1=O. The first-order valence-corrected chi connectivity index (χ1v) is 6.69. The highest BCUT2D eigenvalue weighted by atomic mass is 16.2. The summed E-state index contributed by atoms with van der Waals surface area (Å²) in [5, 5.41) is 0. The summed E-state index contributed by atoms with van der Waals surface area (Å²) in [6, 6.07) is 16.7. The van der Waals surface area contributed by atoms with Crippen LogP contribution in [0, 0.1) is 0 Å². The van der Waals surface area contributed by atoms with Crippen LogP contribution >= 0.6 is 0 Å². The van der Waals surface area contributed by atoms with E-state index < -0.39 is 0 Å². The summed E-state index contributed by atoms with van der Waals surface area (Å²) in [4.78, 5) is 26.1. The van der Waals surface area contributed by atoms with Crippen molar-refractivity contribution in [1.29, 1.82) is 0 Å². The number of imide groups is 1. The Morgan fingerprint density at radius 2 is 1.35 bits per heavy atom. The van der Waals surface area contributed by atoms with E-state index in [1.165, 1.54) is 4.90 Å². The topological polar surface area (TPSA) is 37.4 Å². The molecule has 1 atom stereocenters. The molecule has 2 aromatic carbocycles. The highest BCUT2D eigenvalue weighted by molar-refractivity contribution is 6.21. The number of hydrogen-bond acceptors (Lipinski definition) is 2. The summed E-state index contributed by atoms with van der Waals surface area (Å²) in [6.45, 7) is 1.91. The minimum Gasteiger partial charge on any atom is -0.271 e. The summed E-state index contributed by atoms with van der Waals surface area (Å²) in [5.41, 5.74) is 2.14. The molecule has 1 aliphatic heterocycles. The van der Waals surface area contributed by atoms with E-state index in [-0.39, 0.29) is 17.9 Å². The maximum absolute atomic E-state index is 12.3. The number of rotatable bonds is 3. The van der Waals surface area contributed by atoms with Gasteiger partial charge in [0.15, 0.2) is 0 Å². The van der Waals surface area contributed by atoms with Gasteiger partial charge in [-0.3, -0.25) is 14.5 Å². The third kappa shape index (κ3) is 2.01. The number of amides is 2. The van der Waals surface area contributed by atoms with Gasteiger partial charge >= 0.3 is 0 Å². The molecule has 2 aromatic rings. The fourth-order valence-corrected chi connectivity index (χ4v) is 2.65. The molecule has 0 unspecified atom stereocenters. The van der Waals surface area contributed by atoms with Gasteiger partial charge < -0.3 is 0 Å². The second kappa shape index (κ2) is 4.93. The molecule has 3 nitrogen and oxygen atoms in total. The van der Waals surface area contributed by atoms with E-state index >= 15 is 0 Å². The van der Waals surface area contributed by atoms with Gasteiger partial charge in [0, 0.05) is 6.04 Å². The van der Waals surface area contributed by atoms with Crippen molar-refractivity contribution >= 4 is 11.8 Å². The van der Waals surface area contributed by atoms with Crippen molar-refractivity contribution in [1.82, 2.24) is 4.90 Å². The van der Waals surface area contributed by atoms with Gasteiger partial charge in [0.1, 0.15) is 0 Å². The van der Waals surface area contributed by atoms with Crippen LogP contribution in [0.1, 0.15) is 33.2 Å². The molecule has 100 valence electrons. The Hall–Kier alpha value is -2.42. The molecule has 0 aliphatic carbocycles. The Kier molecular flexibility index (Phi) is 3.11.